The van der Waals surface area contributed by atoms with Gasteiger partial charge in [-0.05, 0) is 30.8 Å². The van der Waals surface area contributed by atoms with Crippen molar-refractivity contribution >= 4 is 0 Å². The van der Waals surface area contributed by atoms with Gasteiger partial charge in [0, 0.05) is 0 Å². The molecule has 0 aromatic heterocycles. The Kier molecular flexibility index (Phi) is 3.13. The molecule has 0 aromatic rings. The van der Waals surface area contributed by atoms with Crippen LogP contribution in [-0.2, 0) is 0 Å². The molecule has 0 saturated carbocycles. The highest BCUT2D eigenvalue weighted by Gasteiger charge is 2.19. The molecule has 1 aliphatic carbocycles. The van der Waals surface area contributed by atoms with Crippen molar-refractivity contribution in [2.24, 2.45) is 5.92 Å². The molecular formula is C10H18O. The molecule has 11 heavy (non-hydrogen) atoms. The number of allylic oxidation sites excluding steroid dienone is 1. The lowest BCUT2D eigenvalue weighted by Crippen LogP contribution is -2.19. The van der Waals surface area contributed by atoms with Crippen LogP contribution in [0.4, 0.5) is 0 Å². The fourth-order valence-corrected chi connectivity index (χ4v) is 1.73. The van der Waals surface area contributed by atoms with E-state index >= 15 is 0 Å². The number of aliphatic hydroxyl groups is 1. The van der Waals surface area contributed by atoms with Crippen LogP contribution in [0.2, 0.25) is 0 Å². The summed E-state index contributed by atoms with van der Waals surface area (Å²) in [5.41, 5.74) is 1.25. The first-order valence-electron chi connectivity index (χ1n) is 4.64. The second kappa shape index (κ2) is 3.91. The normalized spacial score (nSPS) is 31.7. The van der Waals surface area contributed by atoms with Crippen LogP contribution >= 0.6 is 0 Å². The zero-order valence-electron chi connectivity index (χ0n) is 7.51. The highest BCUT2D eigenvalue weighted by Crippen LogP contribution is 2.27. The van der Waals surface area contributed by atoms with Crippen molar-refractivity contribution in [2.75, 3.05) is 0 Å². The lowest BCUT2D eigenvalue weighted by Gasteiger charge is -2.25. The van der Waals surface area contributed by atoms with Gasteiger partial charge in [0.15, 0.2) is 0 Å². The molecule has 1 heteroatoms. The zero-order chi connectivity index (χ0) is 8.27. The minimum atomic E-state index is -0.140. The maximum Gasteiger partial charge on any atom is 0.0752 e. The molecule has 0 fully saturated rings. The van der Waals surface area contributed by atoms with E-state index in [0.29, 0.717) is 0 Å². The highest BCUT2D eigenvalue weighted by molar-refractivity contribution is 5.11. The fourth-order valence-electron chi connectivity index (χ4n) is 1.73. The molecule has 0 bridgehead atoms. The van der Waals surface area contributed by atoms with Crippen LogP contribution in [0.25, 0.3) is 0 Å². The predicted octanol–water partition coefficient (Wildman–Crippen LogP) is 2.50. The summed E-state index contributed by atoms with van der Waals surface area (Å²) in [6, 6.07) is 0. The third-order valence-corrected chi connectivity index (χ3v) is 2.68. The predicted molar refractivity (Wildman–Crippen MR) is 47.4 cm³/mol. The number of hydrogen-bond donors (Lipinski definition) is 1. The molecule has 0 aromatic carbocycles. The van der Waals surface area contributed by atoms with Crippen LogP contribution in [0.1, 0.15) is 39.5 Å². The van der Waals surface area contributed by atoms with Gasteiger partial charge >= 0.3 is 0 Å². The molecule has 0 amide bonds. The van der Waals surface area contributed by atoms with Gasteiger partial charge in [0.05, 0.1) is 6.10 Å². The molecule has 1 rings (SSSR count). The zero-order valence-corrected chi connectivity index (χ0v) is 7.51. The Bertz CT molecular complexity index is 149. The van der Waals surface area contributed by atoms with E-state index < -0.39 is 0 Å². The topological polar surface area (TPSA) is 20.2 Å². The lowest BCUT2D eigenvalue weighted by molar-refractivity contribution is 0.161. The van der Waals surface area contributed by atoms with Crippen LogP contribution in [-0.4, -0.2) is 11.2 Å². The third-order valence-electron chi connectivity index (χ3n) is 2.68. The maximum atomic E-state index is 9.60. The minimum absolute atomic E-state index is 0.140. The average Bonchev–Trinajstić information content (AvgIpc) is 2.04. The Morgan fingerprint density at radius 1 is 1.55 bits per heavy atom. The first kappa shape index (κ1) is 8.79. The second-order valence-corrected chi connectivity index (χ2v) is 3.39. The van der Waals surface area contributed by atoms with Gasteiger partial charge in [-0.2, -0.15) is 0 Å². The van der Waals surface area contributed by atoms with Crippen LogP contribution in [0, 0.1) is 5.92 Å². The monoisotopic (exact) mass is 154 g/mol. The van der Waals surface area contributed by atoms with Crippen molar-refractivity contribution in [3.8, 4) is 0 Å². The fraction of sp³-hybridized carbons (Fsp3) is 0.800. The van der Waals surface area contributed by atoms with Crippen molar-refractivity contribution in [1.29, 1.82) is 0 Å². The number of aliphatic hydroxyl groups excluding tert-OH is 1. The summed E-state index contributed by atoms with van der Waals surface area (Å²) >= 11 is 0. The Labute approximate surface area is 69.1 Å². The minimum Gasteiger partial charge on any atom is -0.389 e. The first-order valence-corrected chi connectivity index (χ1v) is 4.64. The SMILES string of the molecule is CCC1=CCC(CC)CC1O. The quantitative estimate of drug-likeness (QED) is 0.606. The molecule has 0 radical (unpaired) electrons. The smallest absolute Gasteiger partial charge is 0.0752 e. The Morgan fingerprint density at radius 2 is 2.27 bits per heavy atom. The summed E-state index contributed by atoms with van der Waals surface area (Å²) < 4.78 is 0. The summed E-state index contributed by atoms with van der Waals surface area (Å²) in [7, 11) is 0. The van der Waals surface area contributed by atoms with Crippen molar-refractivity contribution in [3.05, 3.63) is 11.6 Å². The molecule has 1 aliphatic rings. The Balaban J connectivity index is 2.53. The number of hydrogen-bond acceptors (Lipinski definition) is 1. The molecule has 0 saturated heterocycles. The van der Waals surface area contributed by atoms with E-state index in [2.05, 4.69) is 19.9 Å². The van der Waals surface area contributed by atoms with E-state index in [9.17, 15) is 5.11 Å². The molecule has 0 aliphatic heterocycles. The van der Waals surface area contributed by atoms with Gasteiger partial charge in [0.1, 0.15) is 0 Å². The molecule has 64 valence electrons. The summed E-state index contributed by atoms with van der Waals surface area (Å²) in [5, 5.41) is 9.60. The van der Waals surface area contributed by atoms with Crippen LogP contribution in [0.3, 0.4) is 0 Å². The summed E-state index contributed by atoms with van der Waals surface area (Å²) in [4.78, 5) is 0. The largest absolute Gasteiger partial charge is 0.389 e. The Hall–Kier alpha value is -0.300. The average molecular weight is 154 g/mol. The van der Waals surface area contributed by atoms with E-state index in [1.165, 1.54) is 18.4 Å². The van der Waals surface area contributed by atoms with Gasteiger partial charge in [-0.1, -0.05) is 26.3 Å². The summed E-state index contributed by atoms with van der Waals surface area (Å²) in [5.74, 6) is 0.722. The highest BCUT2D eigenvalue weighted by atomic mass is 16.3. The molecule has 2 atom stereocenters. The van der Waals surface area contributed by atoms with E-state index in [-0.39, 0.29) is 6.10 Å². The van der Waals surface area contributed by atoms with Crippen LogP contribution in [0.15, 0.2) is 11.6 Å². The van der Waals surface area contributed by atoms with Gasteiger partial charge in [-0.25, -0.2) is 0 Å². The van der Waals surface area contributed by atoms with E-state index in [1.807, 2.05) is 0 Å². The van der Waals surface area contributed by atoms with Crippen LogP contribution < -0.4 is 0 Å². The summed E-state index contributed by atoms with van der Waals surface area (Å²) in [6.45, 7) is 4.31. The Morgan fingerprint density at radius 3 is 2.73 bits per heavy atom. The van der Waals surface area contributed by atoms with E-state index in [4.69, 9.17) is 0 Å². The van der Waals surface area contributed by atoms with Crippen molar-refractivity contribution in [2.45, 2.75) is 45.6 Å². The summed E-state index contributed by atoms with van der Waals surface area (Å²) in [6.07, 6.45) is 6.45. The number of rotatable bonds is 2. The molecule has 1 nitrogen and oxygen atoms in total. The van der Waals surface area contributed by atoms with Gasteiger partial charge in [0.2, 0.25) is 0 Å². The standard InChI is InChI=1S/C10H18O/c1-3-8-5-6-9(4-2)10(11)7-8/h6,8,10-11H,3-5,7H2,1-2H3. The van der Waals surface area contributed by atoms with Gasteiger partial charge < -0.3 is 5.11 Å². The first-order chi connectivity index (χ1) is 5.27. The van der Waals surface area contributed by atoms with Crippen LogP contribution in [0.5, 0.6) is 0 Å². The molecule has 0 spiro atoms. The maximum absolute atomic E-state index is 9.60. The van der Waals surface area contributed by atoms with Crippen molar-refractivity contribution < 1.29 is 5.11 Å². The van der Waals surface area contributed by atoms with Gasteiger partial charge in [-0.3, -0.25) is 0 Å². The molecule has 0 heterocycles. The van der Waals surface area contributed by atoms with Crippen molar-refractivity contribution in [1.82, 2.24) is 0 Å². The lowest BCUT2D eigenvalue weighted by atomic mass is 9.85. The van der Waals surface area contributed by atoms with E-state index in [0.717, 1.165) is 18.8 Å². The molecule has 1 N–H and O–H groups in total. The van der Waals surface area contributed by atoms with Gasteiger partial charge in [-0.15, -0.1) is 0 Å². The molecule has 2 unspecified atom stereocenters. The van der Waals surface area contributed by atoms with E-state index in [1.54, 1.807) is 0 Å². The van der Waals surface area contributed by atoms with Crippen molar-refractivity contribution in [3.63, 3.8) is 0 Å². The molecular weight excluding hydrogens is 136 g/mol. The second-order valence-electron chi connectivity index (χ2n) is 3.39. The third kappa shape index (κ3) is 2.06. The van der Waals surface area contributed by atoms with Gasteiger partial charge in [0.25, 0.3) is 0 Å².